The molecule has 1 fully saturated rings. The fourth-order valence-electron chi connectivity index (χ4n) is 3.45. The lowest BCUT2D eigenvalue weighted by molar-refractivity contribution is 0.0683. The Morgan fingerprint density at radius 1 is 1.19 bits per heavy atom. The van der Waals surface area contributed by atoms with Gasteiger partial charge in [-0.05, 0) is 55.2 Å². The number of benzene rings is 2. The van der Waals surface area contributed by atoms with Gasteiger partial charge in [0.05, 0.1) is 11.1 Å². The van der Waals surface area contributed by atoms with Gasteiger partial charge in [0, 0.05) is 23.7 Å². The zero-order valence-electron chi connectivity index (χ0n) is 15.1. The molecule has 2 aromatic carbocycles. The Bertz CT molecular complexity index is 952. The summed E-state index contributed by atoms with van der Waals surface area (Å²) in [5, 5.41) is 4.71. The molecule has 4 rings (SSSR count). The van der Waals surface area contributed by atoms with Gasteiger partial charge < -0.3 is 9.42 Å². The molecule has 0 saturated carbocycles. The maximum absolute atomic E-state index is 13.1. The van der Waals surface area contributed by atoms with E-state index in [0.717, 1.165) is 25.1 Å². The molecule has 1 saturated heterocycles. The standard InChI is InChI=1S/C21H20ClN3O2/c1-14-5-4-12-25(13-14)21(26)18-7-3-2-6-17(18)20-23-19(24-27-20)15-8-10-16(22)11-9-15/h2-3,6-11,14H,4-5,12-13H2,1H3/t14-/m0/s1. The maximum atomic E-state index is 13.1. The highest BCUT2D eigenvalue weighted by Crippen LogP contribution is 2.28. The largest absolute Gasteiger partial charge is 0.338 e. The monoisotopic (exact) mass is 381 g/mol. The number of carbonyl (C=O) groups excluding carboxylic acids is 1. The molecule has 0 N–H and O–H groups in total. The Hall–Kier alpha value is -2.66. The molecule has 27 heavy (non-hydrogen) atoms. The normalized spacial score (nSPS) is 17.1. The number of aromatic nitrogens is 2. The summed E-state index contributed by atoms with van der Waals surface area (Å²) >= 11 is 5.93. The summed E-state index contributed by atoms with van der Waals surface area (Å²) < 4.78 is 5.47. The number of hydrogen-bond acceptors (Lipinski definition) is 4. The lowest BCUT2D eigenvalue weighted by Crippen LogP contribution is -2.39. The average Bonchev–Trinajstić information content (AvgIpc) is 3.18. The number of likely N-dealkylation sites (tertiary alicyclic amines) is 1. The number of nitrogens with zero attached hydrogens (tertiary/aromatic N) is 3. The number of rotatable bonds is 3. The zero-order valence-corrected chi connectivity index (χ0v) is 15.8. The molecule has 3 aromatic rings. The van der Waals surface area contributed by atoms with Gasteiger partial charge in [-0.1, -0.05) is 35.8 Å². The van der Waals surface area contributed by atoms with Gasteiger partial charge in [-0.15, -0.1) is 0 Å². The first-order valence-electron chi connectivity index (χ1n) is 9.10. The number of piperidine rings is 1. The van der Waals surface area contributed by atoms with Crippen LogP contribution in [0, 0.1) is 5.92 Å². The molecule has 6 heteroatoms. The smallest absolute Gasteiger partial charge is 0.259 e. The van der Waals surface area contributed by atoms with Crippen molar-refractivity contribution >= 4 is 17.5 Å². The maximum Gasteiger partial charge on any atom is 0.259 e. The summed E-state index contributed by atoms with van der Waals surface area (Å²) in [4.78, 5) is 19.5. The first-order valence-corrected chi connectivity index (χ1v) is 9.48. The summed E-state index contributed by atoms with van der Waals surface area (Å²) in [5.74, 6) is 1.35. The Balaban J connectivity index is 1.65. The van der Waals surface area contributed by atoms with E-state index in [4.69, 9.17) is 16.1 Å². The molecule has 0 radical (unpaired) electrons. The molecule has 138 valence electrons. The van der Waals surface area contributed by atoms with Gasteiger partial charge in [0.1, 0.15) is 0 Å². The van der Waals surface area contributed by atoms with Crippen molar-refractivity contribution in [3.05, 3.63) is 59.1 Å². The molecule has 1 aliphatic heterocycles. The highest BCUT2D eigenvalue weighted by Gasteiger charge is 2.25. The van der Waals surface area contributed by atoms with Crippen molar-refractivity contribution in [1.82, 2.24) is 15.0 Å². The van der Waals surface area contributed by atoms with Gasteiger partial charge in [-0.25, -0.2) is 0 Å². The van der Waals surface area contributed by atoms with Crippen molar-refractivity contribution < 1.29 is 9.32 Å². The highest BCUT2D eigenvalue weighted by atomic mass is 35.5. The van der Waals surface area contributed by atoms with Crippen molar-refractivity contribution in [3.8, 4) is 22.8 Å². The van der Waals surface area contributed by atoms with Crippen LogP contribution in [0.3, 0.4) is 0 Å². The van der Waals surface area contributed by atoms with Crippen LogP contribution >= 0.6 is 11.6 Å². The van der Waals surface area contributed by atoms with Gasteiger partial charge >= 0.3 is 0 Å². The second-order valence-electron chi connectivity index (χ2n) is 6.97. The Morgan fingerprint density at radius 3 is 2.74 bits per heavy atom. The van der Waals surface area contributed by atoms with E-state index >= 15 is 0 Å². The topological polar surface area (TPSA) is 59.2 Å². The molecule has 5 nitrogen and oxygen atoms in total. The average molecular weight is 382 g/mol. The van der Waals surface area contributed by atoms with Gasteiger partial charge in [-0.3, -0.25) is 4.79 Å². The Labute approximate surface area is 163 Å². The van der Waals surface area contributed by atoms with Crippen LogP contribution in [0.1, 0.15) is 30.1 Å². The van der Waals surface area contributed by atoms with E-state index in [-0.39, 0.29) is 5.91 Å². The molecule has 1 aromatic heterocycles. The van der Waals surface area contributed by atoms with E-state index in [1.165, 1.54) is 6.42 Å². The minimum absolute atomic E-state index is 0.0170. The second-order valence-corrected chi connectivity index (χ2v) is 7.41. The molecule has 1 aliphatic rings. The first kappa shape index (κ1) is 17.7. The number of hydrogen-bond donors (Lipinski definition) is 0. The molecule has 0 unspecified atom stereocenters. The van der Waals surface area contributed by atoms with Crippen molar-refractivity contribution in [2.75, 3.05) is 13.1 Å². The van der Waals surface area contributed by atoms with Gasteiger partial charge in [0.15, 0.2) is 0 Å². The fraction of sp³-hybridized carbons (Fsp3) is 0.286. The number of amides is 1. The van der Waals surface area contributed by atoms with Crippen LogP contribution in [0.5, 0.6) is 0 Å². The van der Waals surface area contributed by atoms with Crippen molar-refractivity contribution in [1.29, 1.82) is 0 Å². The molecule has 0 bridgehead atoms. The first-order chi connectivity index (χ1) is 13.1. The van der Waals surface area contributed by atoms with Crippen molar-refractivity contribution in [2.45, 2.75) is 19.8 Å². The highest BCUT2D eigenvalue weighted by molar-refractivity contribution is 6.30. The second kappa shape index (κ2) is 7.53. The van der Waals surface area contributed by atoms with Crippen LogP contribution in [0.25, 0.3) is 22.8 Å². The molecule has 0 spiro atoms. The van der Waals surface area contributed by atoms with E-state index < -0.39 is 0 Å². The Kier molecular flexibility index (Phi) is 4.94. The van der Waals surface area contributed by atoms with Crippen LogP contribution in [-0.4, -0.2) is 34.0 Å². The third kappa shape index (κ3) is 3.74. The van der Waals surface area contributed by atoms with Gasteiger partial charge in [0.25, 0.3) is 11.8 Å². The molecular formula is C21H20ClN3O2. The van der Waals surface area contributed by atoms with Crippen LogP contribution in [-0.2, 0) is 0 Å². The molecule has 1 amide bonds. The van der Waals surface area contributed by atoms with E-state index in [2.05, 4.69) is 17.1 Å². The predicted octanol–water partition coefficient (Wildman–Crippen LogP) is 4.93. The number of halogens is 1. The molecule has 0 aliphatic carbocycles. The van der Waals surface area contributed by atoms with Crippen molar-refractivity contribution in [3.63, 3.8) is 0 Å². The zero-order chi connectivity index (χ0) is 18.8. The van der Waals surface area contributed by atoms with Crippen LogP contribution in [0.2, 0.25) is 5.02 Å². The molecule has 1 atom stereocenters. The fourth-order valence-corrected chi connectivity index (χ4v) is 3.58. The van der Waals surface area contributed by atoms with Crippen LogP contribution in [0.4, 0.5) is 0 Å². The van der Waals surface area contributed by atoms with Crippen molar-refractivity contribution in [2.24, 2.45) is 5.92 Å². The summed E-state index contributed by atoms with van der Waals surface area (Å²) in [7, 11) is 0. The lowest BCUT2D eigenvalue weighted by atomic mass is 9.98. The SMILES string of the molecule is C[C@H]1CCCN(C(=O)c2ccccc2-c2nc(-c3ccc(Cl)cc3)no2)C1. The summed E-state index contributed by atoms with van der Waals surface area (Å²) in [5.41, 5.74) is 2.06. The Morgan fingerprint density at radius 2 is 1.96 bits per heavy atom. The summed E-state index contributed by atoms with van der Waals surface area (Å²) in [6.45, 7) is 3.76. The third-order valence-electron chi connectivity index (χ3n) is 4.86. The molecular weight excluding hydrogens is 362 g/mol. The van der Waals surface area contributed by atoms with E-state index in [1.807, 2.05) is 41.3 Å². The van der Waals surface area contributed by atoms with Gasteiger partial charge in [0.2, 0.25) is 5.82 Å². The van der Waals surface area contributed by atoms with Crippen LogP contribution in [0.15, 0.2) is 53.1 Å². The van der Waals surface area contributed by atoms with E-state index in [9.17, 15) is 4.79 Å². The lowest BCUT2D eigenvalue weighted by Gasteiger charge is -2.31. The third-order valence-corrected chi connectivity index (χ3v) is 5.11. The quantitative estimate of drug-likeness (QED) is 0.645. The summed E-state index contributed by atoms with van der Waals surface area (Å²) in [6.07, 6.45) is 2.20. The summed E-state index contributed by atoms with van der Waals surface area (Å²) in [6, 6.07) is 14.6. The van der Waals surface area contributed by atoms with Gasteiger partial charge in [-0.2, -0.15) is 4.98 Å². The number of carbonyl (C=O) groups is 1. The minimum Gasteiger partial charge on any atom is -0.338 e. The van der Waals surface area contributed by atoms with Crippen LogP contribution < -0.4 is 0 Å². The minimum atomic E-state index is 0.0170. The van der Waals surface area contributed by atoms with E-state index in [1.54, 1.807) is 12.1 Å². The molecule has 2 heterocycles. The van der Waals surface area contributed by atoms with E-state index in [0.29, 0.717) is 33.8 Å². The predicted molar refractivity (Wildman–Crippen MR) is 104 cm³/mol.